The molecule has 30 heteroatoms. The van der Waals surface area contributed by atoms with E-state index in [1.807, 2.05) is 0 Å². The highest BCUT2D eigenvalue weighted by Crippen LogP contribution is 2.40. The lowest BCUT2D eigenvalue weighted by molar-refractivity contribution is -0.378. The fraction of sp³-hybridized carbons (Fsp3) is 0.417. The molecule has 3 heterocycles. The molecule has 0 saturated carbocycles. The van der Waals surface area contributed by atoms with Crippen molar-refractivity contribution in [1.29, 1.82) is 5.41 Å². The Kier molecular flexibility index (Phi) is 24.6. The van der Waals surface area contributed by atoms with Crippen molar-refractivity contribution in [2.45, 2.75) is 137 Å². The minimum absolute atomic E-state index is 0.0386. The number of benzene rings is 4. The summed E-state index contributed by atoms with van der Waals surface area (Å²) < 4.78 is 93.7. The van der Waals surface area contributed by atoms with Gasteiger partial charge in [-0.05, 0) is 48.5 Å². The van der Waals surface area contributed by atoms with Crippen LogP contribution in [0.5, 0.6) is 0 Å². The van der Waals surface area contributed by atoms with Crippen LogP contribution in [-0.2, 0) is 105 Å². The molecule has 27 nitrogen and oxygen atoms in total. The average Bonchev–Trinajstić information content (AvgIpc) is 0.968. The van der Waals surface area contributed by atoms with Crippen molar-refractivity contribution in [2.24, 2.45) is 0 Å². The van der Waals surface area contributed by atoms with Crippen LogP contribution in [0.15, 0.2) is 121 Å². The first-order valence-electron chi connectivity index (χ1n) is 27.3. The number of rotatable bonds is 22. The van der Waals surface area contributed by atoms with Gasteiger partial charge in [-0.3, -0.25) is 34.2 Å². The zero-order chi connectivity index (χ0) is 65.4. The third kappa shape index (κ3) is 19.1. The average molecular weight is 1320 g/mol. The molecule has 0 aromatic heterocycles. The van der Waals surface area contributed by atoms with Crippen LogP contribution in [0, 0.1) is 5.41 Å². The molecule has 3 aliphatic heterocycles. The number of hydrogen-bond acceptors (Lipinski definition) is 27. The van der Waals surface area contributed by atoms with E-state index in [0.717, 1.165) is 41.5 Å². The van der Waals surface area contributed by atoms with E-state index in [2.05, 4.69) is 0 Å². The number of nitrogens with one attached hydrogen (secondary N) is 1. The van der Waals surface area contributed by atoms with E-state index < -0.39 is 181 Å². The second-order valence-electron chi connectivity index (χ2n) is 19.8. The standard InChI is InChI=1S/C60H60Cl3NO26/c1-30(65)75-27-40-43(78-32(3)67)47(49(80-34(5)69)56(82-40)88-48-44(79-33(4)68)41(28-76-31(2)66)84-58(50(48)81-35(6)70)90-59(64)60(61,62)63)89-57-51(87-55(74)39-25-17-10-18-26-39)46(86-54(73)38-23-15-9-16-24-38)45(85-53(72)37-21-13-8-14-22-37)42(83-57)29-77-52(71)36-19-11-7-12-20-36/h7-26,40-51,56-58,64H,27-29H2,1-6H3/t40-,41-,42-,43-,44-,45-,46+,47+,48+,49-,50-,51-,56+,57+,58-/m1/s1. The van der Waals surface area contributed by atoms with Crippen LogP contribution in [0.4, 0.5) is 0 Å². The summed E-state index contributed by atoms with van der Waals surface area (Å²) in [4.78, 5) is 135. The van der Waals surface area contributed by atoms with Crippen molar-refractivity contribution < 1.29 is 124 Å². The summed E-state index contributed by atoms with van der Waals surface area (Å²) in [6.45, 7) is 3.19. The summed E-state index contributed by atoms with van der Waals surface area (Å²) in [5.74, 6) is -11.7. The molecule has 0 bridgehead atoms. The fourth-order valence-corrected chi connectivity index (χ4v) is 9.50. The smallest absolute Gasteiger partial charge is 0.338 e. The summed E-state index contributed by atoms with van der Waals surface area (Å²) in [5, 5.41) is 8.45. The van der Waals surface area contributed by atoms with E-state index in [9.17, 15) is 47.9 Å². The molecule has 1 N–H and O–H groups in total. The minimum atomic E-state index is -2.62. The largest absolute Gasteiger partial charge is 0.463 e. The van der Waals surface area contributed by atoms with Crippen LogP contribution in [0.2, 0.25) is 0 Å². The molecule has 4 aromatic carbocycles. The SMILES string of the molecule is CC(=O)OC[C@H]1O[C@@H](O[C@@H]2[C@@H](OC(C)=O)[C@@H](OC(=N)C(Cl)(Cl)Cl)O[C@H](COC(C)=O)[C@H]2OC(C)=O)[C@H](OC(C)=O)[C@@H](O[C@@H]2O[C@H](COC(=O)c3ccccc3)[C@@H](OC(=O)c3ccccc3)[C@H](OC(=O)c3ccccc3)[C@H]2OC(=O)c2ccccc2)[C@@H]1OC(C)=O. The lowest BCUT2D eigenvalue weighted by Gasteiger charge is -2.50. The third-order valence-electron chi connectivity index (χ3n) is 13.1. The first-order valence-corrected chi connectivity index (χ1v) is 28.5. The van der Waals surface area contributed by atoms with Gasteiger partial charge in [-0.25, -0.2) is 19.2 Å². The molecule has 482 valence electrons. The monoisotopic (exact) mass is 1320 g/mol. The molecule has 90 heavy (non-hydrogen) atoms. The molecule has 0 aliphatic carbocycles. The molecule has 3 fully saturated rings. The third-order valence-corrected chi connectivity index (χ3v) is 13.6. The lowest BCUT2D eigenvalue weighted by Crippen LogP contribution is -2.69. The Balaban J connectivity index is 1.45. The summed E-state index contributed by atoms with van der Waals surface area (Å²) in [6, 6.07) is 29.7. The number of carbonyl (C=O) groups excluding carboxylic acids is 10. The van der Waals surface area contributed by atoms with Crippen molar-refractivity contribution in [1.82, 2.24) is 0 Å². The van der Waals surface area contributed by atoms with Crippen molar-refractivity contribution >= 4 is 100 Å². The summed E-state index contributed by atoms with van der Waals surface area (Å²) >= 11 is 18.0. The zero-order valence-corrected chi connectivity index (χ0v) is 50.8. The minimum Gasteiger partial charge on any atom is -0.463 e. The van der Waals surface area contributed by atoms with Gasteiger partial charge >= 0.3 is 59.7 Å². The van der Waals surface area contributed by atoms with Crippen LogP contribution in [0.1, 0.15) is 83.0 Å². The van der Waals surface area contributed by atoms with E-state index in [4.69, 9.17) is 116 Å². The first kappa shape index (κ1) is 69.2. The second kappa shape index (κ2) is 31.9. The van der Waals surface area contributed by atoms with Gasteiger partial charge in [0.25, 0.3) is 3.79 Å². The Morgan fingerprint density at radius 2 is 0.622 bits per heavy atom. The van der Waals surface area contributed by atoms with E-state index in [1.165, 1.54) is 84.9 Å². The van der Waals surface area contributed by atoms with Crippen molar-refractivity contribution in [2.75, 3.05) is 19.8 Å². The van der Waals surface area contributed by atoms with Crippen LogP contribution >= 0.6 is 34.8 Å². The number of carbonyl (C=O) groups is 10. The van der Waals surface area contributed by atoms with Crippen molar-refractivity contribution in [3.8, 4) is 0 Å². The Hall–Kier alpha value is -8.28. The maximum Gasteiger partial charge on any atom is 0.338 e. The maximum absolute atomic E-state index is 14.6. The van der Waals surface area contributed by atoms with Gasteiger partial charge in [-0.1, -0.05) is 108 Å². The molecular weight excluding hydrogens is 1260 g/mol. The Labute approximate surface area is 528 Å². The van der Waals surface area contributed by atoms with Crippen molar-refractivity contribution in [3.05, 3.63) is 144 Å². The number of alkyl halides is 3. The first-order chi connectivity index (χ1) is 42.8. The van der Waals surface area contributed by atoms with E-state index in [1.54, 1.807) is 36.4 Å². The highest BCUT2D eigenvalue weighted by Gasteiger charge is 2.61. The van der Waals surface area contributed by atoms with Gasteiger partial charge in [0, 0.05) is 41.5 Å². The molecule has 0 spiro atoms. The van der Waals surface area contributed by atoms with Gasteiger partial charge in [-0.2, -0.15) is 0 Å². The molecule has 15 atom stereocenters. The predicted octanol–water partition coefficient (Wildman–Crippen LogP) is 5.68. The summed E-state index contributed by atoms with van der Waals surface area (Å²) in [7, 11) is 0. The molecule has 0 radical (unpaired) electrons. The van der Waals surface area contributed by atoms with Gasteiger partial charge in [0.1, 0.15) is 50.3 Å². The second-order valence-corrected chi connectivity index (χ2v) is 22.1. The van der Waals surface area contributed by atoms with Crippen LogP contribution < -0.4 is 0 Å². The highest BCUT2D eigenvalue weighted by molar-refractivity contribution is 6.76. The predicted molar refractivity (Wildman–Crippen MR) is 304 cm³/mol. The van der Waals surface area contributed by atoms with Gasteiger partial charge in [0.15, 0.2) is 55.3 Å². The molecule has 0 unspecified atom stereocenters. The van der Waals surface area contributed by atoms with E-state index in [-0.39, 0.29) is 22.3 Å². The van der Waals surface area contributed by atoms with Crippen LogP contribution in [0.25, 0.3) is 0 Å². The quantitative estimate of drug-likeness (QED) is 0.0325. The number of esters is 10. The fourth-order valence-electron chi connectivity index (χ4n) is 9.37. The van der Waals surface area contributed by atoms with Gasteiger partial charge in [0.2, 0.25) is 12.2 Å². The van der Waals surface area contributed by atoms with E-state index in [0.29, 0.717) is 0 Å². The number of hydrogen-bond donors (Lipinski definition) is 1. The van der Waals surface area contributed by atoms with Gasteiger partial charge in [0.05, 0.1) is 22.3 Å². The Bertz CT molecular complexity index is 3190. The molecule has 3 saturated heterocycles. The van der Waals surface area contributed by atoms with Gasteiger partial charge < -0.3 is 75.8 Å². The highest BCUT2D eigenvalue weighted by atomic mass is 35.6. The maximum atomic E-state index is 14.6. The molecular formula is C60H60Cl3NO26. The number of halogens is 3. The topological polar surface area (TPSA) is 342 Å². The lowest BCUT2D eigenvalue weighted by atomic mass is 9.95. The summed E-state index contributed by atoms with van der Waals surface area (Å²) in [6.07, 6.45) is -30.6. The number of ether oxygens (including phenoxy) is 16. The van der Waals surface area contributed by atoms with Gasteiger partial charge in [-0.15, -0.1) is 0 Å². The molecule has 4 aromatic rings. The molecule has 3 aliphatic rings. The normalized spacial score (nSPS) is 26.3. The molecule has 0 amide bonds. The molecule has 7 rings (SSSR count). The van der Waals surface area contributed by atoms with Crippen molar-refractivity contribution in [3.63, 3.8) is 0 Å². The van der Waals surface area contributed by atoms with Crippen LogP contribution in [-0.4, -0.2) is 181 Å². The Morgan fingerprint density at radius 1 is 0.344 bits per heavy atom. The van der Waals surface area contributed by atoms with Crippen LogP contribution in [0.3, 0.4) is 0 Å². The Morgan fingerprint density at radius 3 is 0.967 bits per heavy atom. The zero-order valence-electron chi connectivity index (χ0n) is 48.6. The van der Waals surface area contributed by atoms with E-state index >= 15 is 0 Å². The summed E-state index contributed by atoms with van der Waals surface area (Å²) in [5.41, 5.74) is -0.205.